The summed E-state index contributed by atoms with van der Waals surface area (Å²) in [6.45, 7) is 3.07. The first-order chi connectivity index (χ1) is 9.47. The summed E-state index contributed by atoms with van der Waals surface area (Å²) in [5, 5.41) is 11.0. The lowest BCUT2D eigenvalue weighted by Gasteiger charge is -2.32. The van der Waals surface area contributed by atoms with Crippen molar-refractivity contribution in [3.63, 3.8) is 0 Å². The summed E-state index contributed by atoms with van der Waals surface area (Å²) in [6.07, 6.45) is 3.65. The van der Waals surface area contributed by atoms with Gasteiger partial charge in [-0.15, -0.1) is 0 Å². The Morgan fingerprint density at radius 2 is 2.40 bits per heavy atom. The Bertz CT molecular complexity index is 497. The van der Waals surface area contributed by atoms with Crippen LogP contribution >= 0.6 is 11.6 Å². The molecule has 0 spiro atoms. The van der Waals surface area contributed by atoms with Crippen molar-refractivity contribution in [1.82, 2.24) is 9.88 Å². The zero-order chi connectivity index (χ0) is 14.7. The van der Waals surface area contributed by atoms with Crippen LogP contribution in [0.1, 0.15) is 12.8 Å². The first kappa shape index (κ1) is 15.0. The van der Waals surface area contributed by atoms with Gasteiger partial charge in [-0.25, -0.2) is 4.98 Å². The van der Waals surface area contributed by atoms with E-state index in [-0.39, 0.29) is 5.69 Å². The summed E-state index contributed by atoms with van der Waals surface area (Å²) >= 11 is 6.10. The quantitative estimate of drug-likeness (QED) is 0.631. The fourth-order valence-electron chi connectivity index (χ4n) is 2.70. The van der Waals surface area contributed by atoms with Crippen molar-refractivity contribution in [3.8, 4) is 0 Å². The van der Waals surface area contributed by atoms with Crippen LogP contribution < -0.4 is 4.90 Å². The third-order valence-electron chi connectivity index (χ3n) is 3.63. The third-order valence-corrected chi connectivity index (χ3v) is 3.91. The standard InChI is InChI=1S/C13H19ClN4O2/c1-16-5-3-4-10(8-16)9-17(2)13-12(14)6-11(7-15-13)18(19)20/h6-7,10H,3-5,8-9H2,1-2H3. The van der Waals surface area contributed by atoms with Gasteiger partial charge in [0.15, 0.2) is 0 Å². The van der Waals surface area contributed by atoms with Gasteiger partial charge in [-0.3, -0.25) is 10.1 Å². The molecule has 0 saturated carbocycles. The van der Waals surface area contributed by atoms with Gasteiger partial charge in [0.1, 0.15) is 12.0 Å². The molecule has 20 heavy (non-hydrogen) atoms. The van der Waals surface area contributed by atoms with Crippen LogP contribution in [0.3, 0.4) is 0 Å². The van der Waals surface area contributed by atoms with E-state index in [1.54, 1.807) is 0 Å². The van der Waals surface area contributed by atoms with E-state index >= 15 is 0 Å². The summed E-state index contributed by atoms with van der Waals surface area (Å²) in [4.78, 5) is 18.6. The SMILES string of the molecule is CN1CCCC(CN(C)c2ncc([N+](=O)[O-])cc2Cl)C1. The van der Waals surface area contributed by atoms with Gasteiger partial charge < -0.3 is 9.80 Å². The number of halogens is 1. The molecule has 6 nitrogen and oxygen atoms in total. The molecule has 1 aromatic heterocycles. The summed E-state index contributed by atoms with van der Waals surface area (Å²) in [6, 6.07) is 1.35. The Balaban J connectivity index is 2.05. The maximum Gasteiger partial charge on any atom is 0.289 e. The second kappa shape index (κ2) is 6.37. The molecule has 1 unspecified atom stereocenters. The van der Waals surface area contributed by atoms with Crippen LogP contribution in [0.2, 0.25) is 5.02 Å². The molecule has 1 aliphatic rings. The molecule has 1 atom stereocenters. The van der Waals surface area contributed by atoms with E-state index < -0.39 is 4.92 Å². The number of anilines is 1. The Hall–Kier alpha value is -1.40. The van der Waals surface area contributed by atoms with Crippen LogP contribution in [0.25, 0.3) is 0 Å². The molecule has 1 aliphatic heterocycles. The fourth-order valence-corrected chi connectivity index (χ4v) is 3.00. The molecular formula is C13H19ClN4O2. The van der Waals surface area contributed by atoms with E-state index in [0.29, 0.717) is 16.8 Å². The number of nitro groups is 1. The molecule has 1 saturated heterocycles. The van der Waals surface area contributed by atoms with Crippen LogP contribution in [0, 0.1) is 16.0 Å². The molecule has 110 valence electrons. The van der Waals surface area contributed by atoms with Gasteiger partial charge in [0, 0.05) is 26.2 Å². The number of likely N-dealkylation sites (tertiary alicyclic amines) is 1. The van der Waals surface area contributed by atoms with Gasteiger partial charge in [0.2, 0.25) is 0 Å². The second-order valence-corrected chi connectivity index (χ2v) is 5.81. The van der Waals surface area contributed by atoms with Crippen LogP contribution in [0.5, 0.6) is 0 Å². The highest BCUT2D eigenvalue weighted by Crippen LogP contribution is 2.27. The predicted octanol–water partition coefficient (Wildman–Crippen LogP) is 2.42. The van der Waals surface area contributed by atoms with Gasteiger partial charge in [-0.2, -0.15) is 0 Å². The largest absolute Gasteiger partial charge is 0.358 e. The average Bonchev–Trinajstić information content (AvgIpc) is 2.38. The number of piperidine rings is 1. The second-order valence-electron chi connectivity index (χ2n) is 5.41. The molecule has 0 aromatic carbocycles. The van der Waals surface area contributed by atoms with E-state index in [2.05, 4.69) is 16.9 Å². The highest BCUT2D eigenvalue weighted by Gasteiger charge is 2.21. The van der Waals surface area contributed by atoms with Gasteiger partial charge in [0.25, 0.3) is 5.69 Å². The van der Waals surface area contributed by atoms with E-state index in [0.717, 1.165) is 19.6 Å². The Labute approximate surface area is 123 Å². The van der Waals surface area contributed by atoms with Crippen LogP contribution in [0.4, 0.5) is 11.5 Å². The molecule has 0 N–H and O–H groups in total. The summed E-state index contributed by atoms with van der Waals surface area (Å²) in [5.74, 6) is 1.18. The number of aromatic nitrogens is 1. The number of pyridine rings is 1. The molecule has 7 heteroatoms. The maximum absolute atomic E-state index is 10.7. The van der Waals surface area contributed by atoms with Crippen molar-refractivity contribution in [1.29, 1.82) is 0 Å². The van der Waals surface area contributed by atoms with Crippen molar-refractivity contribution in [2.45, 2.75) is 12.8 Å². The van der Waals surface area contributed by atoms with Crippen molar-refractivity contribution in [2.24, 2.45) is 5.92 Å². The molecule has 1 aromatic rings. The van der Waals surface area contributed by atoms with Gasteiger partial charge >= 0.3 is 0 Å². The van der Waals surface area contributed by atoms with E-state index in [1.807, 2.05) is 11.9 Å². The summed E-state index contributed by atoms with van der Waals surface area (Å²) < 4.78 is 0. The molecule has 1 fully saturated rings. The highest BCUT2D eigenvalue weighted by molar-refractivity contribution is 6.33. The van der Waals surface area contributed by atoms with Gasteiger partial charge in [0.05, 0.1) is 9.95 Å². The molecule has 0 bridgehead atoms. The van der Waals surface area contributed by atoms with Gasteiger partial charge in [-0.1, -0.05) is 11.6 Å². The molecule has 2 rings (SSSR count). The van der Waals surface area contributed by atoms with Crippen LogP contribution in [-0.4, -0.2) is 48.5 Å². The summed E-state index contributed by atoms with van der Waals surface area (Å²) in [5.41, 5.74) is -0.0791. The lowest BCUT2D eigenvalue weighted by molar-refractivity contribution is -0.385. The molecule has 0 radical (unpaired) electrons. The maximum atomic E-state index is 10.7. The third kappa shape index (κ3) is 3.58. The number of hydrogen-bond acceptors (Lipinski definition) is 5. The minimum Gasteiger partial charge on any atom is -0.358 e. The van der Waals surface area contributed by atoms with E-state index in [4.69, 9.17) is 11.6 Å². The highest BCUT2D eigenvalue weighted by atomic mass is 35.5. The number of nitrogens with zero attached hydrogens (tertiary/aromatic N) is 4. The normalized spacial score (nSPS) is 19.9. The zero-order valence-electron chi connectivity index (χ0n) is 11.8. The fraction of sp³-hybridized carbons (Fsp3) is 0.615. The predicted molar refractivity (Wildman–Crippen MR) is 79.4 cm³/mol. The Kier molecular flexibility index (Phi) is 4.77. The minimum absolute atomic E-state index is 0.0791. The first-order valence-electron chi connectivity index (χ1n) is 6.67. The van der Waals surface area contributed by atoms with Crippen molar-refractivity contribution >= 4 is 23.1 Å². The molecular weight excluding hydrogens is 280 g/mol. The molecule has 2 heterocycles. The van der Waals surface area contributed by atoms with E-state index in [1.165, 1.54) is 25.1 Å². The first-order valence-corrected chi connectivity index (χ1v) is 7.04. The number of hydrogen-bond donors (Lipinski definition) is 0. The Morgan fingerprint density at radius 3 is 3.00 bits per heavy atom. The monoisotopic (exact) mass is 298 g/mol. The molecule has 0 amide bonds. The summed E-state index contributed by atoms with van der Waals surface area (Å²) in [7, 11) is 4.05. The van der Waals surface area contributed by atoms with Gasteiger partial charge in [-0.05, 0) is 32.4 Å². The average molecular weight is 299 g/mol. The smallest absolute Gasteiger partial charge is 0.289 e. The van der Waals surface area contributed by atoms with Crippen LogP contribution in [0.15, 0.2) is 12.3 Å². The zero-order valence-corrected chi connectivity index (χ0v) is 12.5. The lowest BCUT2D eigenvalue weighted by atomic mass is 9.98. The van der Waals surface area contributed by atoms with Crippen LogP contribution in [-0.2, 0) is 0 Å². The topological polar surface area (TPSA) is 62.5 Å². The minimum atomic E-state index is -0.487. The van der Waals surface area contributed by atoms with Crippen molar-refractivity contribution in [2.75, 3.05) is 38.6 Å². The van der Waals surface area contributed by atoms with Crippen molar-refractivity contribution < 1.29 is 4.92 Å². The van der Waals surface area contributed by atoms with Crippen molar-refractivity contribution in [3.05, 3.63) is 27.4 Å². The lowest BCUT2D eigenvalue weighted by Crippen LogP contribution is -2.38. The Morgan fingerprint density at radius 1 is 1.65 bits per heavy atom. The number of rotatable bonds is 4. The molecule has 0 aliphatic carbocycles. The van der Waals surface area contributed by atoms with E-state index in [9.17, 15) is 10.1 Å².